The first kappa shape index (κ1) is 15.8. The van der Waals surface area contributed by atoms with Crippen molar-refractivity contribution in [2.24, 2.45) is 5.92 Å². The number of rotatable bonds is 8. The summed E-state index contributed by atoms with van der Waals surface area (Å²) >= 11 is 1.67. The Balaban J connectivity index is 1.82. The van der Waals surface area contributed by atoms with E-state index in [1.165, 1.54) is 0 Å². The van der Waals surface area contributed by atoms with Crippen LogP contribution >= 0.6 is 11.3 Å². The Hall–Kier alpha value is -1.59. The van der Waals surface area contributed by atoms with Gasteiger partial charge in [0.25, 0.3) is 0 Å². The molecule has 2 aromatic rings. The maximum Gasteiger partial charge on any atom is 0.131 e. The molecule has 0 atom stereocenters. The second-order valence-corrected chi connectivity index (χ2v) is 6.17. The van der Waals surface area contributed by atoms with Gasteiger partial charge in [-0.05, 0) is 24.6 Å². The number of ether oxygens (including phenoxy) is 2. The van der Waals surface area contributed by atoms with Crippen LogP contribution in [-0.4, -0.2) is 18.6 Å². The molecule has 0 radical (unpaired) electrons. The Morgan fingerprint density at radius 1 is 1.29 bits per heavy atom. The molecule has 21 heavy (non-hydrogen) atoms. The van der Waals surface area contributed by atoms with Crippen molar-refractivity contribution in [3.8, 4) is 11.5 Å². The number of methoxy groups -OCH3 is 1. The Kier molecular flexibility index (Phi) is 6.02. The summed E-state index contributed by atoms with van der Waals surface area (Å²) in [5, 5.41) is 6.54. The van der Waals surface area contributed by atoms with Crippen LogP contribution in [0.2, 0.25) is 0 Å². The number of thiazole rings is 1. The first-order valence-electron chi connectivity index (χ1n) is 7.08. The minimum Gasteiger partial charge on any atom is -0.497 e. The van der Waals surface area contributed by atoms with E-state index in [0.717, 1.165) is 35.3 Å². The number of aromatic nitrogens is 1. The average Bonchev–Trinajstić information content (AvgIpc) is 2.93. The SMILES string of the molecule is COc1cccc(OCc2csc(CNCC(C)C)n2)c1. The van der Waals surface area contributed by atoms with Crippen LogP contribution in [0.3, 0.4) is 0 Å². The van der Waals surface area contributed by atoms with Gasteiger partial charge < -0.3 is 14.8 Å². The Labute approximate surface area is 130 Å². The van der Waals surface area contributed by atoms with E-state index >= 15 is 0 Å². The van der Waals surface area contributed by atoms with Crippen LogP contribution in [0.4, 0.5) is 0 Å². The van der Waals surface area contributed by atoms with Gasteiger partial charge in [0.2, 0.25) is 0 Å². The highest BCUT2D eigenvalue weighted by Crippen LogP contribution is 2.20. The third-order valence-electron chi connectivity index (χ3n) is 2.86. The Morgan fingerprint density at radius 3 is 2.86 bits per heavy atom. The van der Waals surface area contributed by atoms with E-state index in [1.807, 2.05) is 29.6 Å². The zero-order valence-corrected chi connectivity index (χ0v) is 13.6. The average molecular weight is 306 g/mol. The lowest BCUT2D eigenvalue weighted by atomic mass is 10.2. The topological polar surface area (TPSA) is 43.4 Å². The van der Waals surface area contributed by atoms with Crippen molar-refractivity contribution in [3.05, 3.63) is 40.3 Å². The van der Waals surface area contributed by atoms with E-state index in [9.17, 15) is 0 Å². The van der Waals surface area contributed by atoms with E-state index in [4.69, 9.17) is 9.47 Å². The fourth-order valence-corrected chi connectivity index (χ4v) is 2.56. The van der Waals surface area contributed by atoms with Gasteiger partial charge in [-0.15, -0.1) is 11.3 Å². The zero-order valence-electron chi connectivity index (χ0n) is 12.8. The van der Waals surface area contributed by atoms with Crippen molar-refractivity contribution < 1.29 is 9.47 Å². The normalized spacial score (nSPS) is 10.9. The lowest BCUT2D eigenvalue weighted by Crippen LogP contribution is -2.18. The Bertz CT molecular complexity index is 555. The maximum atomic E-state index is 5.73. The molecule has 5 heteroatoms. The fraction of sp³-hybridized carbons (Fsp3) is 0.438. The lowest BCUT2D eigenvalue weighted by molar-refractivity contribution is 0.299. The molecule has 2 rings (SSSR count). The van der Waals surface area contributed by atoms with Crippen LogP contribution in [0.25, 0.3) is 0 Å². The molecule has 0 unspecified atom stereocenters. The molecule has 0 aliphatic rings. The molecule has 1 heterocycles. The predicted octanol–water partition coefficient (Wildman–Crippen LogP) is 3.48. The van der Waals surface area contributed by atoms with Gasteiger partial charge in [-0.3, -0.25) is 0 Å². The van der Waals surface area contributed by atoms with Gasteiger partial charge in [0.1, 0.15) is 23.1 Å². The van der Waals surface area contributed by atoms with E-state index in [0.29, 0.717) is 12.5 Å². The van der Waals surface area contributed by atoms with Crippen LogP contribution in [0.1, 0.15) is 24.5 Å². The molecular weight excluding hydrogens is 284 g/mol. The van der Waals surface area contributed by atoms with Crippen molar-refractivity contribution in [2.45, 2.75) is 27.0 Å². The molecule has 0 spiro atoms. The summed E-state index contributed by atoms with van der Waals surface area (Å²) in [6, 6.07) is 7.60. The smallest absolute Gasteiger partial charge is 0.131 e. The van der Waals surface area contributed by atoms with Crippen LogP contribution in [0.5, 0.6) is 11.5 Å². The summed E-state index contributed by atoms with van der Waals surface area (Å²) in [5.74, 6) is 2.24. The zero-order chi connectivity index (χ0) is 15.1. The summed E-state index contributed by atoms with van der Waals surface area (Å²) in [7, 11) is 1.65. The van der Waals surface area contributed by atoms with Crippen molar-refractivity contribution in [1.82, 2.24) is 10.3 Å². The maximum absolute atomic E-state index is 5.73. The fourth-order valence-electron chi connectivity index (χ4n) is 1.81. The largest absolute Gasteiger partial charge is 0.497 e. The van der Waals surface area contributed by atoms with Gasteiger partial charge in [0.15, 0.2) is 0 Å². The second-order valence-electron chi connectivity index (χ2n) is 5.22. The lowest BCUT2D eigenvalue weighted by Gasteiger charge is -2.06. The minimum absolute atomic E-state index is 0.480. The number of nitrogens with one attached hydrogen (secondary N) is 1. The Morgan fingerprint density at radius 2 is 2.10 bits per heavy atom. The predicted molar refractivity (Wildman–Crippen MR) is 86.0 cm³/mol. The highest BCUT2D eigenvalue weighted by atomic mass is 32.1. The molecule has 0 amide bonds. The summed E-state index contributed by atoms with van der Waals surface area (Å²) in [5.41, 5.74) is 0.962. The van der Waals surface area contributed by atoms with Crippen molar-refractivity contribution >= 4 is 11.3 Å². The summed E-state index contributed by atoms with van der Waals surface area (Å²) < 4.78 is 10.9. The molecule has 0 saturated heterocycles. The van der Waals surface area contributed by atoms with Crippen LogP contribution in [0.15, 0.2) is 29.6 Å². The van der Waals surface area contributed by atoms with Gasteiger partial charge in [-0.2, -0.15) is 0 Å². The molecule has 1 aromatic carbocycles. The van der Waals surface area contributed by atoms with E-state index in [1.54, 1.807) is 18.4 Å². The number of benzene rings is 1. The third-order valence-corrected chi connectivity index (χ3v) is 3.75. The van der Waals surface area contributed by atoms with Crippen molar-refractivity contribution in [1.29, 1.82) is 0 Å². The second kappa shape index (κ2) is 8.00. The van der Waals surface area contributed by atoms with Crippen molar-refractivity contribution in [2.75, 3.05) is 13.7 Å². The van der Waals surface area contributed by atoms with Gasteiger partial charge in [0.05, 0.1) is 12.8 Å². The highest BCUT2D eigenvalue weighted by Gasteiger charge is 2.04. The first-order valence-corrected chi connectivity index (χ1v) is 7.96. The van der Waals surface area contributed by atoms with E-state index in [2.05, 4.69) is 24.1 Å². The molecule has 114 valence electrons. The molecule has 4 nitrogen and oxygen atoms in total. The van der Waals surface area contributed by atoms with Crippen LogP contribution in [0, 0.1) is 5.92 Å². The van der Waals surface area contributed by atoms with Gasteiger partial charge >= 0.3 is 0 Å². The molecule has 0 aliphatic carbocycles. The minimum atomic E-state index is 0.480. The van der Waals surface area contributed by atoms with Gasteiger partial charge in [0, 0.05) is 18.0 Å². The molecule has 1 aromatic heterocycles. The first-order chi connectivity index (χ1) is 10.2. The summed E-state index contributed by atoms with van der Waals surface area (Å²) in [6.45, 7) is 6.70. The molecule has 0 fully saturated rings. The summed E-state index contributed by atoms with van der Waals surface area (Å²) in [4.78, 5) is 4.56. The van der Waals surface area contributed by atoms with E-state index < -0.39 is 0 Å². The number of nitrogens with zero attached hydrogens (tertiary/aromatic N) is 1. The van der Waals surface area contributed by atoms with Gasteiger partial charge in [-0.25, -0.2) is 4.98 Å². The van der Waals surface area contributed by atoms with Crippen LogP contribution in [-0.2, 0) is 13.2 Å². The molecule has 0 bridgehead atoms. The third kappa shape index (κ3) is 5.36. The molecular formula is C16H22N2O2S. The van der Waals surface area contributed by atoms with Gasteiger partial charge in [-0.1, -0.05) is 19.9 Å². The highest BCUT2D eigenvalue weighted by molar-refractivity contribution is 7.09. The molecule has 0 saturated carbocycles. The standard InChI is InChI=1S/C16H22N2O2S/c1-12(2)8-17-9-16-18-13(11-21-16)10-20-15-6-4-5-14(7-15)19-3/h4-7,11-12,17H,8-10H2,1-3H3. The quantitative estimate of drug-likeness (QED) is 0.811. The van der Waals surface area contributed by atoms with E-state index in [-0.39, 0.29) is 0 Å². The molecule has 0 aliphatic heterocycles. The number of hydrogen-bond donors (Lipinski definition) is 1. The molecule has 1 N–H and O–H groups in total. The summed E-state index contributed by atoms with van der Waals surface area (Å²) in [6.07, 6.45) is 0. The number of hydrogen-bond acceptors (Lipinski definition) is 5. The monoisotopic (exact) mass is 306 g/mol. The van der Waals surface area contributed by atoms with Crippen molar-refractivity contribution in [3.63, 3.8) is 0 Å². The van der Waals surface area contributed by atoms with Crippen LogP contribution < -0.4 is 14.8 Å².